The molecule has 2 aromatic heterocycles. The van der Waals surface area contributed by atoms with Crippen LogP contribution in [0.2, 0.25) is 0 Å². The highest BCUT2D eigenvalue weighted by molar-refractivity contribution is 7.14. The molecule has 0 unspecified atom stereocenters. The molecule has 138 valence electrons. The van der Waals surface area contributed by atoms with Gasteiger partial charge in [0.2, 0.25) is 5.91 Å². The van der Waals surface area contributed by atoms with Crippen LogP contribution in [0.25, 0.3) is 28.5 Å². The maximum atomic E-state index is 12.1. The summed E-state index contributed by atoms with van der Waals surface area (Å²) in [4.78, 5) is 16.6. The molecule has 4 rings (SSSR count). The zero-order valence-electron chi connectivity index (χ0n) is 15.3. The van der Waals surface area contributed by atoms with Gasteiger partial charge in [0, 0.05) is 17.0 Å². The summed E-state index contributed by atoms with van der Waals surface area (Å²) >= 11 is 1.40. The number of anilines is 1. The van der Waals surface area contributed by atoms with Crippen molar-refractivity contribution in [3.8, 4) is 22.4 Å². The first kappa shape index (κ1) is 17.9. The minimum Gasteiger partial charge on any atom is -0.462 e. The number of aromatic nitrogens is 1. The average Bonchev–Trinajstić information content (AvgIpc) is 3.36. The number of hydrogen-bond acceptors (Lipinski definition) is 4. The Kier molecular flexibility index (Phi) is 5.17. The molecule has 2 aromatic carbocycles. The number of carbonyl (C=O) groups excluding carboxylic acids is 1. The van der Waals surface area contributed by atoms with Gasteiger partial charge in [-0.3, -0.25) is 10.1 Å². The topological polar surface area (TPSA) is 55.1 Å². The number of amides is 1. The van der Waals surface area contributed by atoms with Gasteiger partial charge in [-0.05, 0) is 36.3 Å². The smallest absolute Gasteiger partial charge is 0.250 e. The summed E-state index contributed by atoms with van der Waals surface area (Å²) in [7, 11) is 0. The maximum Gasteiger partial charge on any atom is 0.250 e. The number of hydrogen-bond donors (Lipinski definition) is 1. The van der Waals surface area contributed by atoms with E-state index in [1.807, 2.05) is 54.8 Å². The Morgan fingerprint density at radius 2 is 1.68 bits per heavy atom. The number of benzene rings is 2. The molecule has 0 fully saturated rings. The summed E-state index contributed by atoms with van der Waals surface area (Å²) in [5.41, 5.74) is 4.19. The fraction of sp³-hybridized carbons (Fsp3) is 0.0435. The third-order valence-corrected chi connectivity index (χ3v) is 4.94. The number of rotatable bonds is 5. The third-order valence-electron chi connectivity index (χ3n) is 4.18. The van der Waals surface area contributed by atoms with E-state index in [2.05, 4.69) is 34.6 Å². The van der Waals surface area contributed by atoms with Gasteiger partial charge in [0.15, 0.2) is 5.13 Å². The second-order valence-electron chi connectivity index (χ2n) is 6.25. The third kappa shape index (κ3) is 4.27. The van der Waals surface area contributed by atoms with E-state index in [9.17, 15) is 4.79 Å². The average molecular weight is 386 g/mol. The SMILES string of the molecule is Cc1ccc(C=CC(=O)Nc2nc(-c3ccc(-c4ccccc4)cc3)cs2)o1. The van der Waals surface area contributed by atoms with Crippen LogP contribution in [-0.2, 0) is 4.79 Å². The number of nitrogens with zero attached hydrogens (tertiary/aromatic N) is 1. The number of furan rings is 1. The lowest BCUT2D eigenvalue weighted by Crippen LogP contribution is -2.07. The molecule has 0 radical (unpaired) electrons. The summed E-state index contributed by atoms with van der Waals surface area (Å²) in [6, 6.07) is 22.2. The normalized spacial score (nSPS) is 11.0. The predicted octanol–water partition coefficient (Wildman–Crippen LogP) is 6.03. The Morgan fingerprint density at radius 1 is 0.964 bits per heavy atom. The molecule has 1 amide bonds. The van der Waals surface area contributed by atoms with Crippen molar-refractivity contribution >= 4 is 28.5 Å². The van der Waals surface area contributed by atoms with Crippen LogP contribution in [0.15, 0.2) is 82.6 Å². The molecule has 2 heterocycles. The second-order valence-corrected chi connectivity index (χ2v) is 7.11. The molecule has 4 nitrogen and oxygen atoms in total. The zero-order chi connectivity index (χ0) is 19.3. The summed E-state index contributed by atoms with van der Waals surface area (Å²) in [6.45, 7) is 1.86. The predicted molar refractivity (Wildman–Crippen MR) is 114 cm³/mol. The molecule has 0 bridgehead atoms. The molecule has 28 heavy (non-hydrogen) atoms. The molecule has 0 saturated heterocycles. The van der Waals surface area contributed by atoms with E-state index in [4.69, 9.17) is 4.42 Å². The fourth-order valence-corrected chi connectivity index (χ4v) is 3.50. The Morgan fingerprint density at radius 3 is 2.39 bits per heavy atom. The quantitative estimate of drug-likeness (QED) is 0.426. The van der Waals surface area contributed by atoms with Crippen LogP contribution in [-0.4, -0.2) is 10.9 Å². The molecule has 1 N–H and O–H groups in total. The van der Waals surface area contributed by atoms with Crippen LogP contribution in [0.3, 0.4) is 0 Å². The molecule has 0 aliphatic carbocycles. The van der Waals surface area contributed by atoms with Crippen LogP contribution < -0.4 is 5.32 Å². The van der Waals surface area contributed by atoms with E-state index in [-0.39, 0.29) is 5.91 Å². The lowest BCUT2D eigenvalue weighted by atomic mass is 10.0. The fourth-order valence-electron chi connectivity index (χ4n) is 2.78. The van der Waals surface area contributed by atoms with Crippen molar-refractivity contribution in [1.29, 1.82) is 0 Å². The van der Waals surface area contributed by atoms with E-state index < -0.39 is 0 Å². The van der Waals surface area contributed by atoms with Crippen LogP contribution >= 0.6 is 11.3 Å². The van der Waals surface area contributed by atoms with Crippen molar-refractivity contribution in [1.82, 2.24) is 4.98 Å². The molecule has 0 aliphatic rings. The monoisotopic (exact) mass is 386 g/mol. The van der Waals surface area contributed by atoms with E-state index in [0.717, 1.165) is 22.6 Å². The van der Waals surface area contributed by atoms with Gasteiger partial charge in [-0.15, -0.1) is 11.3 Å². The van der Waals surface area contributed by atoms with Crippen LogP contribution in [0.5, 0.6) is 0 Å². The Balaban J connectivity index is 1.42. The van der Waals surface area contributed by atoms with Crippen molar-refractivity contribution in [3.63, 3.8) is 0 Å². The van der Waals surface area contributed by atoms with Crippen molar-refractivity contribution in [2.24, 2.45) is 0 Å². The molecule has 4 aromatic rings. The number of carbonyl (C=O) groups is 1. The Labute approximate surface area is 167 Å². The molecular formula is C23H18N2O2S. The van der Waals surface area contributed by atoms with Crippen molar-refractivity contribution in [3.05, 3.63) is 89.7 Å². The Hall–Kier alpha value is -3.44. The van der Waals surface area contributed by atoms with Crippen molar-refractivity contribution < 1.29 is 9.21 Å². The summed E-state index contributed by atoms with van der Waals surface area (Å²) in [5, 5.41) is 5.29. The number of aryl methyl sites for hydroxylation is 1. The maximum absolute atomic E-state index is 12.1. The van der Waals surface area contributed by atoms with Crippen LogP contribution in [0.1, 0.15) is 11.5 Å². The van der Waals surface area contributed by atoms with E-state index in [1.165, 1.54) is 23.0 Å². The minimum absolute atomic E-state index is 0.241. The number of thiazole rings is 1. The van der Waals surface area contributed by atoms with E-state index in [0.29, 0.717) is 10.9 Å². The van der Waals surface area contributed by atoms with E-state index in [1.54, 1.807) is 6.08 Å². The van der Waals surface area contributed by atoms with Gasteiger partial charge in [0.05, 0.1) is 5.69 Å². The molecular weight excluding hydrogens is 368 g/mol. The first-order valence-corrected chi connectivity index (χ1v) is 9.72. The first-order valence-electron chi connectivity index (χ1n) is 8.84. The summed E-state index contributed by atoms with van der Waals surface area (Å²) in [5.74, 6) is 1.21. The standard InChI is InChI=1S/C23H18N2O2S/c1-16-7-12-20(27-16)13-14-22(26)25-23-24-21(15-28-23)19-10-8-18(9-11-19)17-5-3-2-4-6-17/h2-15H,1H3,(H,24,25,26). The largest absolute Gasteiger partial charge is 0.462 e. The Bertz CT molecular complexity index is 1110. The lowest BCUT2D eigenvalue weighted by Gasteiger charge is -2.02. The van der Waals surface area contributed by atoms with Gasteiger partial charge < -0.3 is 4.42 Å². The molecule has 5 heteroatoms. The molecule has 0 aliphatic heterocycles. The van der Waals surface area contributed by atoms with Gasteiger partial charge >= 0.3 is 0 Å². The van der Waals surface area contributed by atoms with Gasteiger partial charge in [0.25, 0.3) is 0 Å². The van der Waals surface area contributed by atoms with Gasteiger partial charge in [-0.1, -0.05) is 54.6 Å². The highest BCUT2D eigenvalue weighted by Crippen LogP contribution is 2.27. The lowest BCUT2D eigenvalue weighted by molar-refractivity contribution is -0.111. The summed E-state index contributed by atoms with van der Waals surface area (Å²) < 4.78 is 5.41. The van der Waals surface area contributed by atoms with Gasteiger partial charge in [-0.25, -0.2) is 4.98 Å². The van der Waals surface area contributed by atoms with Gasteiger partial charge in [0.1, 0.15) is 11.5 Å². The van der Waals surface area contributed by atoms with Crippen molar-refractivity contribution in [2.75, 3.05) is 5.32 Å². The second kappa shape index (κ2) is 8.06. The van der Waals surface area contributed by atoms with Crippen molar-refractivity contribution in [2.45, 2.75) is 6.92 Å². The highest BCUT2D eigenvalue weighted by Gasteiger charge is 2.07. The van der Waals surface area contributed by atoms with Gasteiger partial charge in [-0.2, -0.15) is 0 Å². The zero-order valence-corrected chi connectivity index (χ0v) is 16.1. The number of nitrogens with one attached hydrogen (secondary N) is 1. The minimum atomic E-state index is -0.241. The summed E-state index contributed by atoms with van der Waals surface area (Å²) in [6.07, 6.45) is 3.08. The first-order chi connectivity index (χ1) is 13.7. The molecule has 0 saturated carbocycles. The molecule has 0 spiro atoms. The van der Waals surface area contributed by atoms with Crippen LogP contribution in [0.4, 0.5) is 5.13 Å². The van der Waals surface area contributed by atoms with E-state index >= 15 is 0 Å². The van der Waals surface area contributed by atoms with Crippen LogP contribution in [0, 0.1) is 6.92 Å². The highest BCUT2D eigenvalue weighted by atomic mass is 32.1. The molecule has 0 atom stereocenters.